The first-order valence-corrected chi connectivity index (χ1v) is 17.7. The van der Waals surface area contributed by atoms with Gasteiger partial charge in [-0.1, -0.05) is 60.8 Å². The maximum atomic E-state index is 13.4. The molecule has 0 bridgehead atoms. The number of aromatic amines is 1. The van der Waals surface area contributed by atoms with Crippen LogP contribution in [0.1, 0.15) is 53.9 Å². The molecule has 1 aliphatic heterocycles. The fourth-order valence-electron chi connectivity index (χ4n) is 6.50. The molecule has 4 N–H and O–H groups in total. The van der Waals surface area contributed by atoms with Gasteiger partial charge in [0.2, 0.25) is 0 Å². The quantitative estimate of drug-likeness (QED) is 0.144. The van der Waals surface area contributed by atoms with Crippen molar-refractivity contribution in [2.45, 2.75) is 56.3 Å². The Morgan fingerprint density at radius 1 is 1.00 bits per heavy atom. The molecule has 0 spiro atoms. The number of H-pyrrole nitrogens is 1. The molecule has 0 saturated heterocycles. The molecule has 1 aliphatic carbocycles. The summed E-state index contributed by atoms with van der Waals surface area (Å²) in [7, 11) is -2.70. The minimum atomic E-state index is -2.70. The number of carbonyl (C=O) groups is 2. The van der Waals surface area contributed by atoms with E-state index in [1.807, 2.05) is 59.5 Å². The molecule has 220 valence electrons. The topological polar surface area (TPSA) is 117 Å². The van der Waals surface area contributed by atoms with Crippen molar-refractivity contribution < 1.29 is 24.0 Å². The van der Waals surface area contributed by atoms with E-state index >= 15 is 0 Å². The molecule has 8 nitrogen and oxygen atoms in total. The van der Waals surface area contributed by atoms with Gasteiger partial charge < -0.3 is 23.9 Å². The molecular weight excluding hydrogens is 618 g/mol. The number of aliphatic hydroxyl groups excluding tert-OH is 2. The van der Waals surface area contributed by atoms with Gasteiger partial charge in [0.25, 0.3) is 11.8 Å². The van der Waals surface area contributed by atoms with Crippen molar-refractivity contribution in [2.75, 3.05) is 12.5 Å². The number of halogens is 1. The van der Waals surface area contributed by atoms with E-state index in [0.29, 0.717) is 39.4 Å². The molecule has 3 aromatic carbocycles. The van der Waals surface area contributed by atoms with Crippen molar-refractivity contribution in [3.8, 4) is 0 Å². The van der Waals surface area contributed by atoms with Gasteiger partial charge in [-0.05, 0) is 36.8 Å². The molecule has 2 aliphatic rings. The number of benzene rings is 3. The lowest BCUT2D eigenvalue weighted by Crippen LogP contribution is -2.38. The number of aliphatic hydroxyl groups is 2. The number of fused-ring (bicyclic) bond motifs is 10. The molecular formula is C32H34BrN3O5S. The number of nitrogens with zero attached hydrogens (tertiary/aromatic N) is 1. The van der Waals surface area contributed by atoms with Gasteiger partial charge in [0, 0.05) is 48.2 Å². The Labute approximate surface area is 251 Å². The second-order valence-corrected chi connectivity index (χ2v) is 19.8. The molecule has 1 saturated carbocycles. The average molecular weight is 653 g/mol. The average Bonchev–Trinajstić information content (AvgIpc) is 3.59. The first-order chi connectivity index (χ1) is 19.6. The summed E-state index contributed by atoms with van der Waals surface area (Å²) in [5.41, 5.74) is 3.68. The summed E-state index contributed by atoms with van der Waals surface area (Å²) in [5.74, 6) is 3.63. The maximum absolute atomic E-state index is 13.4. The van der Waals surface area contributed by atoms with Gasteiger partial charge in [-0.25, -0.2) is 0 Å². The predicted octanol–water partition coefficient (Wildman–Crippen LogP) is 5.87. The third kappa shape index (κ3) is 3.62. The van der Waals surface area contributed by atoms with E-state index in [4.69, 9.17) is 4.18 Å². The Bertz CT molecular complexity index is 2100. The highest BCUT2D eigenvalue weighted by Gasteiger charge is 2.49. The van der Waals surface area contributed by atoms with E-state index in [1.54, 1.807) is 0 Å². The SMILES string of the molecule is C=S(C)(C)(O[C@H]1CC(n2c3ccccc3c3c4c(c5c6cc(Br)ccc6[nH]c5c32)C(=O)NC4=O)[C@H](O)[C@@H]1O)C(C)(C)C. The van der Waals surface area contributed by atoms with E-state index in [0.717, 1.165) is 26.3 Å². The summed E-state index contributed by atoms with van der Waals surface area (Å²) in [4.78, 5) is 30.2. The highest BCUT2D eigenvalue weighted by molar-refractivity contribution is 9.10. The van der Waals surface area contributed by atoms with E-state index < -0.39 is 45.2 Å². The molecule has 3 heterocycles. The number of amides is 2. The molecule has 4 atom stereocenters. The minimum Gasteiger partial charge on any atom is -0.388 e. The predicted molar refractivity (Wildman–Crippen MR) is 175 cm³/mol. The normalized spacial score (nSPS) is 24.1. The third-order valence-electron chi connectivity index (χ3n) is 9.61. The van der Waals surface area contributed by atoms with Gasteiger partial charge in [0.05, 0.1) is 28.2 Å². The smallest absolute Gasteiger partial charge is 0.259 e. The van der Waals surface area contributed by atoms with Crippen LogP contribution in [-0.4, -0.2) is 73.0 Å². The van der Waals surface area contributed by atoms with Crippen LogP contribution in [0, 0.1) is 0 Å². The van der Waals surface area contributed by atoms with E-state index in [2.05, 4.69) is 52.9 Å². The van der Waals surface area contributed by atoms with Crippen LogP contribution in [0.4, 0.5) is 0 Å². The molecule has 1 unspecified atom stereocenters. The molecule has 10 heteroatoms. The number of rotatable bonds is 3. The molecule has 7 rings (SSSR count). The number of para-hydroxylation sites is 1. The standard InChI is InChI=1S/C32H34BrN3O5S/c1-32(2,3)42(4,5,6)41-21-14-20(28(37)29(21)38)36-19-10-8-7-9-16(19)23-25-24(30(39)35-31(25)40)22-17-13-15(33)11-12-18(17)34-26(22)27(23)36/h7-13,20-21,28-29,34,37-38H,4,14H2,1-3,5-6H3,(H,35,39,40)/t20?,21-,28-,29+/m0/s1. The minimum absolute atomic E-state index is 0.266. The van der Waals surface area contributed by atoms with Crippen LogP contribution in [0.3, 0.4) is 0 Å². The Morgan fingerprint density at radius 2 is 1.67 bits per heavy atom. The van der Waals surface area contributed by atoms with Crippen molar-refractivity contribution in [3.05, 3.63) is 58.1 Å². The van der Waals surface area contributed by atoms with Crippen LogP contribution in [0.5, 0.6) is 0 Å². The van der Waals surface area contributed by atoms with Crippen LogP contribution in [0.2, 0.25) is 0 Å². The lowest BCUT2D eigenvalue weighted by molar-refractivity contribution is -0.0130. The Balaban J connectivity index is 1.56. The summed E-state index contributed by atoms with van der Waals surface area (Å²) in [6, 6.07) is 12.9. The number of nitrogens with one attached hydrogen (secondary N) is 2. The summed E-state index contributed by atoms with van der Waals surface area (Å²) in [6.45, 7) is 6.26. The van der Waals surface area contributed by atoms with Gasteiger partial charge in [0.1, 0.15) is 18.3 Å². The lowest BCUT2D eigenvalue weighted by Gasteiger charge is -2.53. The maximum Gasteiger partial charge on any atom is 0.259 e. The lowest BCUT2D eigenvalue weighted by atomic mass is 9.96. The van der Waals surface area contributed by atoms with Crippen LogP contribution >= 0.6 is 25.0 Å². The number of imide groups is 1. The third-order valence-corrected chi connectivity index (χ3v) is 14.8. The molecule has 42 heavy (non-hydrogen) atoms. The van der Waals surface area contributed by atoms with E-state index in [9.17, 15) is 19.8 Å². The fraction of sp³-hybridized carbons (Fsp3) is 0.344. The summed E-state index contributed by atoms with van der Waals surface area (Å²) in [5, 5.41) is 28.4. The Kier molecular flexibility index (Phi) is 5.65. The van der Waals surface area contributed by atoms with E-state index in [1.165, 1.54) is 0 Å². The number of aromatic nitrogens is 2. The largest absolute Gasteiger partial charge is 0.388 e. The van der Waals surface area contributed by atoms with Crippen molar-refractivity contribution in [2.24, 2.45) is 0 Å². The van der Waals surface area contributed by atoms with Crippen molar-refractivity contribution in [1.82, 2.24) is 14.9 Å². The van der Waals surface area contributed by atoms with Crippen LogP contribution in [0.25, 0.3) is 43.6 Å². The van der Waals surface area contributed by atoms with E-state index in [-0.39, 0.29) is 4.75 Å². The van der Waals surface area contributed by atoms with Crippen LogP contribution < -0.4 is 5.32 Å². The zero-order chi connectivity index (χ0) is 30.1. The highest BCUT2D eigenvalue weighted by Crippen LogP contribution is 2.64. The van der Waals surface area contributed by atoms with Gasteiger partial charge in [-0.15, -0.1) is 0 Å². The number of carbonyl (C=O) groups excluding carboxylic acids is 2. The Morgan fingerprint density at radius 3 is 2.36 bits per heavy atom. The number of hydrogen-bond acceptors (Lipinski definition) is 5. The summed E-state index contributed by atoms with van der Waals surface area (Å²) < 4.78 is 9.30. The van der Waals surface area contributed by atoms with Gasteiger partial charge in [-0.2, -0.15) is 9.03 Å². The summed E-state index contributed by atoms with van der Waals surface area (Å²) >= 11 is 3.56. The van der Waals surface area contributed by atoms with Crippen molar-refractivity contribution in [1.29, 1.82) is 0 Å². The van der Waals surface area contributed by atoms with Crippen LogP contribution in [0.15, 0.2) is 46.9 Å². The molecule has 2 aromatic heterocycles. The molecule has 5 aromatic rings. The second kappa shape index (κ2) is 8.54. The summed E-state index contributed by atoms with van der Waals surface area (Å²) in [6.07, 6.45) is 1.45. The molecule has 0 radical (unpaired) electrons. The first kappa shape index (κ1) is 27.8. The van der Waals surface area contributed by atoms with Crippen molar-refractivity contribution in [3.63, 3.8) is 0 Å². The van der Waals surface area contributed by atoms with Crippen LogP contribution in [-0.2, 0) is 4.18 Å². The second-order valence-electron chi connectivity index (χ2n) is 13.3. The van der Waals surface area contributed by atoms with Gasteiger partial charge >= 0.3 is 0 Å². The van der Waals surface area contributed by atoms with Gasteiger partial charge in [0.15, 0.2) is 0 Å². The molecule has 1 fully saturated rings. The zero-order valence-electron chi connectivity index (χ0n) is 24.1. The fourth-order valence-corrected chi connectivity index (χ4v) is 8.13. The highest BCUT2D eigenvalue weighted by atomic mass is 79.9. The molecule has 2 amide bonds. The first-order valence-electron chi connectivity index (χ1n) is 13.9. The Hall–Kier alpha value is -3.02. The number of hydrogen-bond donors (Lipinski definition) is 4. The van der Waals surface area contributed by atoms with Crippen molar-refractivity contribution >= 4 is 86.3 Å². The van der Waals surface area contributed by atoms with Gasteiger partial charge in [-0.3, -0.25) is 14.9 Å². The monoisotopic (exact) mass is 651 g/mol. The zero-order valence-corrected chi connectivity index (χ0v) is 26.5.